The molecule has 0 saturated heterocycles. The zero-order chi connectivity index (χ0) is 14.5. The van der Waals surface area contributed by atoms with Crippen molar-refractivity contribution in [1.29, 1.82) is 0 Å². The Labute approximate surface area is 115 Å². The van der Waals surface area contributed by atoms with Gasteiger partial charge in [0, 0.05) is 29.6 Å². The van der Waals surface area contributed by atoms with Gasteiger partial charge in [-0.2, -0.15) is 0 Å². The molecular weight excluding hydrogens is 260 g/mol. The van der Waals surface area contributed by atoms with Gasteiger partial charge in [0.2, 0.25) is 0 Å². The normalized spacial score (nSPS) is 9.90. The van der Waals surface area contributed by atoms with E-state index in [1.807, 2.05) is 18.2 Å². The average molecular weight is 274 g/mol. The van der Waals surface area contributed by atoms with Crippen molar-refractivity contribution in [2.24, 2.45) is 5.84 Å². The number of hydrogen-bond donors (Lipinski definition) is 3. The van der Waals surface area contributed by atoms with Crippen molar-refractivity contribution in [1.82, 2.24) is 0 Å². The Kier molecular flexibility index (Phi) is 4.02. The van der Waals surface area contributed by atoms with E-state index in [2.05, 4.69) is 10.7 Å². The Morgan fingerprint density at radius 1 is 1.15 bits per heavy atom. The number of ether oxygens (including phenoxy) is 1. The third kappa shape index (κ3) is 3.15. The number of hydrogen-bond acceptors (Lipinski definition) is 6. The van der Waals surface area contributed by atoms with Gasteiger partial charge in [-0.25, -0.2) is 0 Å². The van der Waals surface area contributed by atoms with Gasteiger partial charge in [0.05, 0.1) is 17.7 Å². The highest BCUT2D eigenvalue weighted by Gasteiger charge is 2.09. The van der Waals surface area contributed by atoms with Gasteiger partial charge in [0.15, 0.2) is 0 Å². The Balaban J connectivity index is 2.32. The van der Waals surface area contributed by atoms with E-state index in [4.69, 9.17) is 10.6 Å². The molecule has 0 aliphatic heterocycles. The van der Waals surface area contributed by atoms with Gasteiger partial charge in [0.25, 0.3) is 5.69 Å². The Morgan fingerprint density at radius 3 is 2.55 bits per heavy atom. The fourth-order valence-electron chi connectivity index (χ4n) is 1.74. The van der Waals surface area contributed by atoms with Gasteiger partial charge in [-0.3, -0.25) is 16.0 Å². The molecule has 2 rings (SSSR count). The zero-order valence-electron chi connectivity index (χ0n) is 10.8. The van der Waals surface area contributed by atoms with E-state index in [9.17, 15) is 10.1 Å². The first-order valence-electron chi connectivity index (χ1n) is 5.79. The van der Waals surface area contributed by atoms with Crippen LogP contribution in [0.4, 0.5) is 22.7 Å². The number of nitrogen functional groups attached to an aromatic ring is 1. The van der Waals surface area contributed by atoms with Gasteiger partial charge in [-0.15, -0.1) is 0 Å². The molecule has 20 heavy (non-hydrogen) atoms. The van der Waals surface area contributed by atoms with Gasteiger partial charge in [-0.1, -0.05) is 6.07 Å². The molecule has 0 aliphatic rings. The van der Waals surface area contributed by atoms with Crippen LogP contribution in [0, 0.1) is 10.1 Å². The van der Waals surface area contributed by atoms with Gasteiger partial charge in [0.1, 0.15) is 5.75 Å². The van der Waals surface area contributed by atoms with Crippen LogP contribution in [-0.2, 0) is 0 Å². The first kappa shape index (κ1) is 13.6. The molecule has 4 N–H and O–H groups in total. The highest BCUT2D eigenvalue weighted by atomic mass is 16.6. The fraction of sp³-hybridized carbons (Fsp3) is 0.0769. The van der Waals surface area contributed by atoms with Crippen molar-refractivity contribution < 1.29 is 9.66 Å². The summed E-state index contributed by atoms with van der Waals surface area (Å²) in [5.74, 6) is 6.00. The molecule has 0 fully saturated rings. The number of nitro groups is 1. The van der Waals surface area contributed by atoms with E-state index < -0.39 is 4.92 Å². The van der Waals surface area contributed by atoms with Crippen LogP contribution >= 0.6 is 0 Å². The van der Waals surface area contributed by atoms with E-state index in [0.717, 1.165) is 5.69 Å². The quantitative estimate of drug-likeness (QED) is 0.440. The lowest BCUT2D eigenvalue weighted by molar-refractivity contribution is -0.384. The van der Waals surface area contributed by atoms with Crippen LogP contribution in [0.5, 0.6) is 5.75 Å². The number of methoxy groups -OCH3 is 1. The molecule has 2 aromatic rings. The topological polar surface area (TPSA) is 102 Å². The third-order valence-electron chi connectivity index (χ3n) is 2.65. The van der Waals surface area contributed by atoms with Crippen molar-refractivity contribution in [2.45, 2.75) is 0 Å². The smallest absolute Gasteiger partial charge is 0.273 e. The summed E-state index contributed by atoms with van der Waals surface area (Å²) in [6, 6.07) is 11.7. The maximum Gasteiger partial charge on any atom is 0.273 e. The summed E-state index contributed by atoms with van der Waals surface area (Å²) in [4.78, 5) is 10.4. The monoisotopic (exact) mass is 274 g/mol. The average Bonchev–Trinajstić information content (AvgIpc) is 2.47. The molecule has 0 heterocycles. The number of rotatable bonds is 5. The van der Waals surface area contributed by atoms with Crippen LogP contribution < -0.4 is 21.3 Å². The minimum Gasteiger partial charge on any atom is -0.497 e. The third-order valence-corrected chi connectivity index (χ3v) is 2.65. The maximum absolute atomic E-state index is 10.9. The first-order valence-corrected chi connectivity index (χ1v) is 5.79. The fourth-order valence-corrected chi connectivity index (χ4v) is 1.74. The van der Waals surface area contributed by atoms with Crippen LogP contribution in [0.1, 0.15) is 0 Å². The van der Waals surface area contributed by atoms with E-state index in [1.165, 1.54) is 12.1 Å². The Morgan fingerprint density at radius 2 is 1.90 bits per heavy atom. The lowest BCUT2D eigenvalue weighted by Crippen LogP contribution is -2.07. The summed E-state index contributed by atoms with van der Waals surface area (Å²) in [5.41, 5.74) is 4.11. The second-order valence-corrected chi connectivity index (χ2v) is 4.03. The Hall–Kier alpha value is -2.80. The van der Waals surface area contributed by atoms with Crippen LogP contribution in [0.25, 0.3) is 0 Å². The van der Waals surface area contributed by atoms with Crippen molar-refractivity contribution >= 4 is 22.7 Å². The van der Waals surface area contributed by atoms with Crippen molar-refractivity contribution in [3.05, 3.63) is 52.6 Å². The summed E-state index contributed by atoms with van der Waals surface area (Å²) < 4.78 is 5.12. The lowest BCUT2D eigenvalue weighted by atomic mass is 10.2. The summed E-state index contributed by atoms with van der Waals surface area (Å²) >= 11 is 0. The van der Waals surface area contributed by atoms with E-state index in [0.29, 0.717) is 17.1 Å². The van der Waals surface area contributed by atoms with Crippen molar-refractivity contribution in [3.63, 3.8) is 0 Å². The SMILES string of the molecule is COc1cccc(Nc2cc(NN)cc([N+](=O)[O-])c2)c1. The number of hydrazine groups is 1. The molecule has 0 atom stereocenters. The summed E-state index contributed by atoms with van der Waals surface area (Å²) in [7, 11) is 1.57. The standard InChI is InChI=1S/C13H14N4O3/c1-20-13-4-2-3-9(8-13)15-10-5-11(16-14)7-12(6-10)17(18)19/h2-8,15-16H,14H2,1H3. The number of anilines is 3. The number of nitrogens with two attached hydrogens (primary N) is 1. The number of non-ortho nitro benzene ring substituents is 1. The zero-order valence-corrected chi connectivity index (χ0v) is 10.8. The second kappa shape index (κ2) is 5.89. The van der Waals surface area contributed by atoms with Gasteiger partial charge < -0.3 is 15.5 Å². The molecule has 7 nitrogen and oxygen atoms in total. The van der Waals surface area contributed by atoms with Gasteiger partial charge in [-0.05, 0) is 18.2 Å². The van der Waals surface area contributed by atoms with Crippen LogP contribution in [-0.4, -0.2) is 12.0 Å². The minimum absolute atomic E-state index is 0.0501. The molecule has 0 unspecified atom stereocenters. The molecule has 2 aromatic carbocycles. The highest BCUT2D eigenvalue weighted by Crippen LogP contribution is 2.27. The predicted molar refractivity (Wildman–Crippen MR) is 77.2 cm³/mol. The predicted octanol–water partition coefficient (Wildman–Crippen LogP) is 2.63. The maximum atomic E-state index is 10.9. The van der Waals surface area contributed by atoms with E-state index >= 15 is 0 Å². The molecule has 0 radical (unpaired) electrons. The summed E-state index contributed by atoms with van der Waals surface area (Å²) in [6.07, 6.45) is 0. The molecule has 0 spiro atoms. The number of nitrogens with zero attached hydrogens (tertiary/aromatic N) is 1. The van der Waals surface area contributed by atoms with Gasteiger partial charge >= 0.3 is 0 Å². The summed E-state index contributed by atoms with van der Waals surface area (Å²) in [5, 5.41) is 13.9. The lowest BCUT2D eigenvalue weighted by Gasteiger charge is -2.09. The van der Waals surface area contributed by atoms with Crippen molar-refractivity contribution in [3.8, 4) is 5.75 Å². The Bertz CT molecular complexity index is 631. The molecule has 0 aromatic heterocycles. The largest absolute Gasteiger partial charge is 0.497 e. The molecule has 104 valence electrons. The molecule has 0 amide bonds. The van der Waals surface area contributed by atoms with Crippen molar-refractivity contribution in [2.75, 3.05) is 17.9 Å². The van der Waals surface area contributed by atoms with Crippen LogP contribution in [0.2, 0.25) is 0 Å². The highest BCUT2D eigenvalue weighted by molar-refractivity contribution is 5.69. The van der Waals surface area contributed by atoms with E-state index in [-0.39, 0.29) is 5.69 Å². The van der Waals surface area contributed by atoms with Crippen LogP contribution in [0.15, 0.2) is 42.5 Å². The number of nitro benzene ring substituents is 1. The molecule has 7 heteroatoms. The molecule has 0 aliphatic carbocycles. The molecule has 0 bridgehead atoms. The van der Waals surface area contributed by atoms with Crippen LogP contribution in [0.3, 0.4) is 0 Å². The minimum atomic E-state index is -0.475. The van der Waals surface area contributed by atoms with E-state index in [1.54, 1.807) is 19.2 Å². The molecular formula is C13H14N4O3. The second-order valence-electron chi connectivity index (χ2n) is 4.03. The number of nitrogens with one attached hydrogen (secondary N) is 2. The first-order chi connectivity index (χ1) is 9.62. The molecule has 0 saturated carbocycles. The summed E-state index contributed by atoms with van der Waals surface area (Å²) in [6.45, 7) is 0. The number of benzene rings is 2.